The SMILES string of the molecule is OB(O)c1ccc2c(c1)C1(CCCCC1)c1ccccc1-2. The van der Waals surface area contributed by atoms with Crippen LogP contribution in [0.25, 0.3) is 11.1 Å². The van der Waals surface area contributed by atoms with Crippen molar-refractivity contribution in [1.29, 1.82) is 0 Å². The van der Waals surface area contributed by atoms with E-state index in [2.05, 4.69) is 30.3 Å². The normalized spacial score (nSPS) is 18.4. The molecule has 0 heterocycles. The Hall–Kier alpha value is -1.58. The fourth-order valence-corrected chi connectivity index (χ4v) is 4.33. The Morgan fingerprint density at radius 3 is 2.29 bits per heavy atom. The van der Waals surface area contributed by atoms with Crippen LogP contribution in [-0.4, -0.2) is 17.2 Å². The van der Waals surface area contributed by atoms with E-state index in [-0.39, 0.29) is 5.41 Å². The maximum atomic E-state index is 9.51. The average Bonchev–Trinajstić information content (AvgIpc) is 2.79. The van der Waals surface area contributed by atoms with Gasteiger partial charge in [-0.3, -0.25) is 0 Å². The van der Waals surface area contributed by atoms with E-state index in [0.29, 0.717) is 5.46 Å². The Morgan fingerprint density at radius 1 is 0.810 bits per heavy atom. The van der Waals surface area contributed by atoms with Crippen molar-refractivity contribution in [1.82, 2.24) is 0 Å². The monoisotopic (exact) mass is 278 g/mol. The number of rotatable bonds is 1. The Bertz CT molecular complexity index is 687. The molecule has 0 bridgehead atoms. The first-order valence-corrected chi connectivity index (χ1v) is 7.83. The minimum Gasteiger partial charge on any atom is -0.423 e. The fourth-order valence-electron chi connectivity index (χ4n) is 4.33. The summed E-state index contributed by atoms with van der Waals surface area (Å²) in [5.74, 6) is 0. The van der Waals surface area contributed by atoms with Gasteiger partial charge < -0.3 is 10.0 Å². The third-order valence-electron chi connectivity index (χ3n) is 5.30. The highest BCUT2D eigenvalue weighted by Crippen LogP contribution is 2.55. The lowest BCUT2D eigenvalue weighted by atomic mass is 9.66. The highest BCUT2D eigenvalue weighted by atomic mass is 16.4. The van der Waals surface area contributed by atoms with Crippen LogP contribution in [0.4, 0.5) is 0 Å². The van der Waals surface area contributed by atoms with E-state index in [9.17, 15) is 10.0 Å². The van der Waals surface area contributed by atoms with E-state index in [1.165, 1.54) is 54.4 Å². The second kappa shape index (κ2) is 4.72. The molecule has 0 aliphatic heterocycles. The van der Waals surface area contributed by atoms with Gasteiger partial charge in [0, 0.05) is 5.41 Å². The van der Waals surface area contributed by atoms with Gasteiger partial charge in [-0.15, -0.1) is 0 Å². The van der Waals surface area contributed by atoms with Crippen molar-refractivity contribution in [3.63, 3.8) is 0 Å². The van der Waals surface area contributed by atoms with Crippen LogP contribution in [0.3, 0.4) is 0 Å². The zero-order chi connectivity index (χ0) is 14.4. The number of hydrogen-bond donors (Lipinski definition) is 2. The lowest BCUT2D eigenvalue weighted by molar-refractivity contribution is 0.353. The Balaban J connectivity index is 1.98. The van der Waals surface area contributed by atoms with Crippen molar-refractivity contribution < 1.29 is 10.0 Å². The van der Waals surface area contributed by atoms with Crippen LogP contribution in [0.2, 0.25) is 0 Å². The van der Waals surface area contributed by atoms with Crippen molar-refractivity contribution >= 4 is 12.6 Å². The smallest absolute Gasteiger partial charge is 0.423 e. The summed E-state index contributed by atoms with van der Waals surface area (Å²) in [5.41, 5.74) is 6.03. The molecular formula is C18H19BO2. The van der Waals surface area contributed by atoms with Gasteiger partial charge in [0.15, 0.2) is 0 Å². The van der Waals surface area contributed by atoms with E-state index < -0.39 is 7.12 Å². The van der Waals surface area contributed by atoms with Crippen molar-refractivity contribution in [2.75, 3.05) is 0 Å². The molecule has 2 aromatic rings. The summed E-state index contributed by atoms with van der Waals surface area (Å²) in [6.07, 6.45) is 6.14. The summed E-state index contributed by atoms with van der Waals surface area (Å²) >= 11 is 0. The molecule has 0 aromatic heterocycles. The molecule has 0 unspecified atom stereocenters. The molecule has 0 amide bonds. The molecule has 0 saturated heterocycles. The number of hydrogen-bond acceptors (Lipinski definition) is 2. The predicted octanol–water partition coefficient (Wildman–Crippen LogP) is 2.60. The van der Waals surface area contributed by atoms with E-state index in [0.717, 1.165) is 0 Å². The van der Waals surface area contributed by atoms with Gasteiger partial charge >= 0.3 is 7.12 Å². The molecule has 0 radical (unpaired) electrons. The highest BCUT2D eigenvalue weighted by Gasteiger charge is 2.43. The lowest BCUT2D eigenvalue weighted by Gasteiger charge is -2.36. The molecule has 106 valence electrons. The molecule has 1 spiro atoms. The lowest BCUT2D eigenvalue weighted by Crippen LogP contribution is -2.33. The summed E-state index contributed by atoms with van der Waals surface area (Å²) in [5, 5.41) is 19.0. The maximum Gasteiger partial charge on any atom is 0.488 e. The van der Waals surface area contributed by atoms with E-state index in [1.54, 1.807) is 0 Å². The molecule has 21 heavy (non-hydrogen) atoms. The van der Waals surface area contributed by atoms with Gasteiger partial charge in [0.05, 0.1) is 0 Å². The first-order valence-electron chi connectivity index (χ1n) is 7.83. The number of fused-ring (bicyclic) bond motifs is 5. The third-order valence-corrected chi connectivity index (χ3v) is 5.30. The molecule has 2 aliphatic rings. The van der Waals surface area contributed by atoms with Gasteiger partial charge in [-0.25, -0.2) is 0 Å². The summed E-state index contributed by atoms with van der Waals surface area (Å²) in [6, 6.07) is 14.6. The highest BCUT2D eigenvalue weighted by molar-refractivity contribution is 6.58. The zero-order valence-electron chi connectivity index (χ0n) is 12.0. The Labute approximate surface area is 125 Å². The van der Waals surface area contributed by atoms with Crippen LogP contribution in [0.5, 0.6) is 0 Å². The summed E-state index contributed by atoms with van der Waals surface area (Å²) in [4.78, 5) is 0. The molecule has 1 fully saturated rings. The average molecular weight is 278 g/mol. The first kappa shape index (κ1) is 13.1. The molecule has 4 rings (SSSR count). The van der Waals surface area contributed by atoms with Gasteiger partial charge in [0.1, 0.15) is 0 Å². The molecule has 2 aliphatic carbocycles. The van der Waals surface area contributed by atoms with Crippen LogP contribution in [-0.2, 0) is 5.41 Å². The first-order chi connectivity index (χ1) is 10.2. The summed E-state index contributed by atoms with van der Waals surface area (Å²) in [7, 11) is -1.39. The quantitative estimate of drug-likeness (QED) is 0.787. The molecule has 2 nitrogen and oxygen atoms in total. The van der Waals surface area contributed by atoms with Crippen LogP contribution < -0.4 is 5.46 Å². The summed E-state index contributed by atoms with van der Waals surface area (Å²) < 4.78 is 0. The van der Waals surface area contributed by atoms with Crippen LogP contribution in [0.1, 0.15) is 43.2 Å². The van der Waals surface area contributed by atoms with E-state index >= 15 is 0 Å². The van der Waals surface area contributed by atoms with Gasteiger partial charge in [-0.1, -0.05) is 61.7 Å². The van der Waals surface area contributed by atoms with Crippen molar-refractivity contribution in [3.8, 4) is 11.1 Å². The van der Waals surface area contributed by atoms with Crippen LogP contribution >= 0.6 is 0 Å². The standard InChI is InChI=1S/C18H19BO2/c20-19(21)13-8-9-15-14-6-2-3-7-16(14)18(17(15)12-13)10-4-1-5-11-18/h2-3,6-9,12,20-21H,1,4-5,10-11H2. The number of benzene rings is 2. The molecule has 3 heteroatoms. The van der Waals surface area contributed by atoms with Crippen LogP contribution in [0, 0.1) is 0 Å². The second-order valence-electron chi connectivity index (χ2n) is 6.37. The molecule has 2 N–H and O–H groups in total. The summed E-state index contributed by atoms with van der Waals surface area (Å²) in [6.45, 7) is 0. The maximum absolute atomic E-state index is 9.51. The van der Waals surface area contributed by atoms with E-state index in [4.69, 9.17) is 0 Å². The Kier molecular flexibility index (Phi) is 2.95. The van der Waals surface area contributed by atoms with Gasteiger partial charge in [-0.2, -0.15) is 0 Å². The van der Waals surface area contributed by atoms with Crippen molar-refractivity contribution in [2.45, 2.75) is 37.5 Å². The fraction of sp³-hybridized carbons (Fsp3) is 0.333. The largest absolute Gasteiger partial charge is 0.488 e. The predicted molar refractivity (Wildman–Crippen MR) is 85.6 cm³/mol. The molecular weight excluding hydrogens is 259 g/mol. The molecule has 0 atom stereocenters. The topological polar surface area (TPSA) is 40.5 Å². The van der Waals surface area contributed by atoms with E-state index in [1.807, 2.05) is 12.1 Å². The minimum atomic E-state index is -1.39. The van der Waals surface area contributed by atoms with Gasteiger partial charge in [-0.05, 0) is 40.6 Å². The third kappa shape index (κ3) is 1.81. The second-order valence-corrected chi connectivity index (χ2v) is 6.37. The minimum absolute atomic E-state index is 0.0923. The Morgan fingerprint density at radius 2 is 1.52 bits per heavy atom. The van der Waals surface area contributed by atoms with Gasteiger partial charge in [0.2, 0.25) is 0 Å². The molecule has 1 saturated carbocycles. The van der Waals surface area contributed by atoms with Gasteiger partial charge in [0.25, 0.3) is 0 Å². The van der Waals surface area contributed by atoms with Crippen LogP contribution in [0.15, 0.2) is 42.5 Å². The van der Waals surface area contributed by atoms with Crippen molar-refractivity contribution in [3.05, 3.63) is 53.6 Å². The van der Waals surface area contributed by atoms with Crippen molar-refractivity contribution in [2.24, 2.45) is 0 Å². The zero-order valence-corrected chi connectivity index (χ0v) is 12.0. The molecule has 2 aromatic carbocycles.